The fourth-order valence-electron chi connectivity index (χ4n) is 4.54. The number of likely N-dealkylation sites (tertiary alicyclic amines) is 1. The van der Waals surface area contributed by atoms with E-state index in [4.69, 9.17) is 14.2 Å². The van der Waals surface area contributed by atoms with E-state index in [1.54, 1.807) is 0 Å². The van der Waals surface area contributed by atoms with E-state index in [0.29, 0.717) is 37.7 Å². The second-order valence-electron chi connectivity index (χ2n) is 10.8. The van der Waals surface area contributed by atoms with Gasteiger partial charge in [0.1, 0.15) is 19.3 Å². The molecule has 2 aliphatic heterocycles. The third-order valence-corrected chi connectivity index (χ3v) is 6.61. The van der Waals surface area contributed by atoms with Crippen molar-refractivity contribution < 1.29 is 23.8 Å². The van der Waals surface area contributed by atoms with Gasteiger partial charge >= 0.3 is 5.97 Å². The number of hydrogen-bond acceptors (Lipinski definition) is 6. The molecular formula is C28H44N2O5. The Balaban J connectivity index is 1.82. The maximum Gasteiger partial charge on any atom is 0.311 e. The van der Waals surface area contributed by atoms with Gasteiger partial charge in [0.25, 0.3) is 0 Å². The van der Waals surface area contributed by atoms with Crippen LogP contribution in [0.5, 0.6) is 11.5 Å². The molecule has 196 valence electrons. The highest BCUT2D eigenvalue weighted by molar-refractivity contribution is 5.77. The summed E-state index contributed by atoms with van der Waals surface area (Å²) in [6.07, 6.45) is 7.63. The lowest BCUT2D eigenvalue weighted by molar-refractivity contribution is -0.161. The van der Waals surface area contributed by atoms with Gasteiger partial charge in [-0.15, -0.1) is 0 Å². The number of rotatable bonds is 12. The monoisotopic (exact) mass is 488 g/mol. The molecule has 1 amide bonds. The van der Waals surface area contributed by atoms with E-state index in [0.717, 1.165) is 50.8 Å². The number of nitrogens with zero attached hydrogens (tertiary/aromatic N) is 1. The van der Waals surface area contributed by atoms with Crippen molar-refractivity contribution in [3.63, 3.8) is 0 Å². The predicted molar refractivity (Wildman–Crippen MR) is 137 cm³/mol. The van der Waals surface area contributed by atoms with E-state index in [9.17, 15) is 9.59 Å². The molecular weight excluding hydrogens is 444 g/mol. The molecule has 35 heavy (non-hydrogen) atoms. The quantitative estimate of drug-likeness (QED) is 0.328. The molecule has 7 heteroatoms. The summed E-state index contributed by atoms with van der Waals surface area (Å²) in [5.74, 6) is 1.05. The second-order valence-corrected chi connectivity index (χ2v) is 10.8. The Morgan fingerprint density at radius 1 is 1.03 bits per heavy atom. The van der Waals surface area contributed by atoms with E-state index in [-0.39, 0.29) is 17.9 Å². The molecule has 1 saturated heterocycles. The van der Waals surface area contributed by atoms with Crippen LogP contribution in [0.2, 0.25) is 0 Å². The number of amides is 1. The SMILES string of the molecule is CCCCCCCC(=O)NC(CN1CCCC1)C(OC(=O)C(C)(C)C)c1ccc2c(c1)OCCO2. The van der Waals surface area contributed by atoms with Crippen LogP contribution in [-0.4, -0.2) is 55.7 Å². The van der Waals surface area contributed by atoms with E-state index >= 15 is 0 Å². The number of fused-ring (bicyclic) bond motifs is 1. The third-order valence-electron chi connectivity index (χ3n) is 6.61. The Hall–Kier alpha value is -2.28. The van der Waals surface area contributed by atoms with Crippen LogP contribution in [0.4, 0.5) is 0 Å². The number of ether oxygens (including phenoxy) is 3. The average molecular weight is 489 g/mol. The lowest BCUT2D eigenvalue weighted by Gasteiger charge is -2.33. The highest BCUT2D eigenvalue weighted by Gasteiger charge is 2.35. The molecule has 2 heterocycles. The van der Waals surface area contributed by atoms with Crippen LogP contribution < -0.4 is 14.8 Å². The Kier molecular flexibility index (Phi) is 10.3. The standard InChI is InChI=1S/C28H44N2O5/c1-5-6-7-8-9-12-25(31)29-22(20-30-15-10-11-16-30)26(35-27(32)28(2,3)4)21-13-14-23-24(19-21)34-18-17-33-23/h13-14,19,22,26H,5-12,15-18,20H2,1-4H3,(H,29,31). The van der Waals surface area contributed by atoms with Crippen LogP contribution in [0, 0.1) is 5.41 Å². The number of carbonyl (C=O) groups excluding carboxylic acids is 2. The summed E-state index contributed by atoms with van der Waals surface area (Å²) in [4.78, 5) is 28.4. The molecule has 1 aromatic carbocycles. The molecule has 1 fully saturated rings. The van der Waals surface area contributed by atoms with E-state index in [1.807, 2.05) is 39.0 Å². The molecule has 0 bridgehead atoms. The molecule has 0 aromatic heterocycles. The Morgan fingerprint density at radius 3 is 2.40 bits per heavy atom. The van der Waals surface area contributed by atoms with Crippen LogP contribution >= 0.6 is 0 Å². The summed E-state index contributed by atoms with van der Waals surface area (Å²) >= 11 is 0. The van der Waals surface area contributed by atoms with Gasteiger partial charge in [0, 0.05) is 13.0 Å². The molecule has 0 aliphatic carbocycles. The van der Waals surface area contributed by atoms with E-state index in [1.165, 1.54) is 12.8 Å². The van der Waals surface area contributed by atoms with Crippen molar-refractivity contribution in [3.05, 3.63) is 23.8 Å². The van der Waals surface area contributed by atoms with Crippen molar-refractivity contribution in [2.75, 3.05) is 32.8 Å². The minimum Gasteiger partial charge on any atom is -0.486 e. The average Bonchev–Trinajstić information content (AvgIpc) is 3.34. The summed E-state index contributed by atoms with van der Waals surface area (Å²) < 4.78 is 17.6. The summed E-state index contributed by atoms with van der Waals surface area (Å²) in [5.41, 5.74) is 0.146. The summed E-state index contributed by atoms with van der Waals surface area (Å²) in [6.45, 7) is 11.3. The minimum atomic E-state index is -0.659. The number of esters is 1. The fourth-order valence-corrected chi connectivity index (χ4v) is 4.54. The van der Waals surface area contributed by atoms with Crippen LogP contribution in [0.3, 0.4) is 0 Å². The Labute approximate surface area is 210 Å². The van der Waals surface area contributed by atoms with Crippen LogP contribution in [0.1, 0.15) is 90.7 Å². The van der Waals surface area contributed by atoms with Gasteiger partial charge in [-0.3, -0.25) is 9.59 Å². The number of carbonyl (C=O) groups is 2. The zero-order valence-electron chi connectivity index (χ0n) is 22.1. The summed E-state index contributed by atoms with van der Waals surface area (Å²) in [6, 6.07) is 5.32. The van der Waals surface area contributed by atoms with Crippen molar-refractivity contribution in [2.45, 2.75) is 91.2 Å². The van der Waals surface area contributed by atoms with Gasteiger partial charge in [-0.1, -0.05) is 38.7 Å². The first-order chi connectivity index (χ1) is 16.8. The lowest BCUT2D eigenvalue weighted by atomic mass is 9.95. The van der Waals surface area contributed by atoms with Gasteiger partial charge in [0.15, 0.2) is 11.5 Å². The largest absolute Gasteiger partial charge is 0.486 e. The van der Waals surface area contributed by atoms with Gasteiger partial charge in [0.05, 0.1) is 11.5 Å². The topological polar surface area (TPSA) is 77.1 Å². The number of nitrogens with one attached hydrogen (secondary N) is 1. The van der Waals surface area contributed by atoms with E-state index < -0.39 is 11.5 Å². The summed E-state index contributed by atoms with van der Waals surface area (Å²) in [5, 5.41) is 3.24. The molecule has 1 N–H and O–H groups in total. The first kappa shape index (κ1) is 27.3. The van der Waals surface area contributed by atoms with Gasteiger partial charge in [-0.2, -0.15) is 0 Å². The number of unbranched alkanes of at least 4 members (excludes halogenated alkanes) is 4. The Morgan fingerprint density at radius 2 is 1.71 bits per heavy atom. The second kappa shape index (κ2) is 13.1. The first-order valence-corrected chi connectivity index (χ1v) is 13.4. The predicted octanol–water partition coefficient (Wildman–Crippen LogP) is 5.03. The van der Waals surface area contributed by atoms with Gasteiger partial charge in [-0.05, 0) is 70.8 Å². The smallest absolute Gasteiger partial charge is 0.311 e. The third kappa shape index (κ3) is 8.41. The van der Waals surface area contributed by atoms with Gasteiger partial charge in [-0.25, -0.2) is 0 Å². The van der Waals surface area contributed by atoms with Crippen molar-refractivity contribution >= 4 is 11.9 Å². The highest BCUT2D eigenvalue weighted by Crippen LogP contribution is 2.36. The first-order valence-electron chi connectivity index (χ1n) is 13.4. The minimum absolute atomic E-state index is 0.0139. The van der Waals surface area contributed by atoms with Crippen LogP contribution in [0.25, 0.3) is 0 Å². The molecule has 2 atom stereocenters. The van der Waals surface area contributed by atoms with Crippen molar-refractivity contribution in [1.82, 2.24) is 10.2 Å². The van der Waals surface area contributed by atoms with Crippen LogP contribution in [0.15, 0.2) is 18.2 Å². The van der Waals surface area contributed by atoms with E-state index in [2.05, 4.69) is 17.1 Å². The Bertz CT molecular complexity index is 829. The zero-order chi connectivity index (χ0) is 25.3. The molecule has 2 aliphatic rings. The zero-order valence-corrected chi connectivity index (χ0v) is 22.1. The van der Waals surface area contributed by atoms with Gasteiger partial charge in [0.2, 0.25) is 5.91 Å². The molecule has 3 rings (SSSR count). The molecule has 2 unspecified atom stereocenters. The molecule has 7 nitrogen and oxygen atoms in total. The highest BCUT2D eigenvalue weighted by atomic mass is 16.6. The van der Waals surface area contributed by atoms with Gasteiger partial charge < -0.3 is 24.4 Å². The van der Waals surface area contributed by atoms with Crippen molar-refractivity contribution in [2.24, 2.45) is 5.41 Å². The number of hydrogen-bond donors (Lipinski definition) is 1. The maximum atomic E-state index is 13.0. The van der Waals surface area contributed by atoms with Crippen LogP contribution in [-0.2, 0) is 14.3 Å². The normalized spacial score (nSPS) is 17.6. The van der Waals surface area contributed by atoms with Crippen molar-refractivity contribution in [1.29, 1.82) is 0 Å². The lowest BCUT2D eigenvalue weighted by Crippen LogP contribution is -2.48. The number of benzene rings is 1. The molecule has 0 radical (unpaired) electrons. The molecule has 0 saturated carbocycles. The van der Waals surface area contributed by atoms with Crippen molar-refractivity contribution in [3.8, 4) is 11.5 Å². The molecule has 1 aromatic rings. The molecule has 0 spiro atoms. The summed E-state index contributed by atoms with van der Waals surface area (Å²) in [7, 11) is 0. The maximum absolute atomic E-state index is 13.0. The fraction of sp³-hybridized carbons (Fsp3) is 0.714.